The number of hydrogen-bond acceptors (Lipinski definition) is 7. The largest absolute Gasteiger partial charge is 0.497 e. The molecular formula is C27H25N3O4S. The van der Waals surface area contributed by atoms with Gasteiger partial charge in [-0.15, -0.1) is 0 Å². The number of benzene rings is 2. The van der Waals surface area contributed by atoms with E-state index >= 15 is 0 Å². The maximum Gasteiger partial charge on any atom is 0.289 e. The molecule has 1 amide bonds. The fourth-order valence-corrected chi connectivity index (χ4v) is 5.22. The Hall–Kier alpha value is -3.65. The molecule has 7 nitrogen and oxygen atoms in total. The van der Waals surface area contributed by atoms with E-state index in [0.717, 1.165) is 16.7 Å². The Kier molecular flexibility index (Phi) is 6.81. The number of Topliss-reactive ketones (excluding diaryl/α,β-unsaturated/α-hetero) is 1. The van der Waals surface area contributed by atoms with Gasteiger partial charge in [0.1, 0.15) is 11.3 Å². The van der Waals surface area contributed by atoms with Crippen LogP contribution in [-0.4, -0.2) is 46.8 Å². The quantitative estimate of drug-likeness (QED) is 0.200. The van der Waals surface area contributed by atoms with Crippen LogP contribution < -0.4 is 4.74 Å². The summed E-state index contributed by atoms with van der Waals surface area (Å²) in [4.78, 5) is 36.8. The van der Waals surface area contributed by atoms with E-state index in [2.05, 4.69) is 9.97 Å². The third-order valence-corrected chi connectivity index (χ3v) is 7.21. The number of para-hydroxylation sites is 1. The van der Waals surface area contributed by atoms with Gasteiger partial charge in [-0.2, -0.15) is 0 Å². The van der Waals surface area contributed by atoms with Crippen molar-refractivity contribution < 1.29 is 18.7 Å². The van der Waals surface area contributed by atoms with Crippen LogP contribution in [0.4, 0.5) is 0 Å². The summed E-state index contributed by atoms with van der Waals surface area (Å²) in [6, 6.07) is 16.6. The van der Waals surface area contributed by atoms with Crippen molar-refractivity contribution >= 4 is 34.4 Å². The summed E-state index contributed by atoms with van der Waals surface area (Å²) in [6.07, 6.45) is 4.65. The molecule has 0 atom stereocenters. The summed E-state index contributed by atoms with van der Waals surface area (Å²) >= 11 is 1.47. The van der Waals surface area contributed by atoms with Crippen LogP contribution in [0.2, 0.25) is 0 Å². The van der Waals surface area contributed by atoms with E-state index in [1.807, 2.05) is 24.3 Å². The molecule has 0 unspecified atom stereocenters. The van der Waals surface area contributed by atoms with Gasteiger partial charge in [0.2, 0.25) is 0 Å². The van der Waals surface area contributed by atoms with E-state index in [9.17, 15) is 9.59 Å². The first-order valence-electron chi connectivity index (χ1n) is 11.5. The Balaban J connectivity index is 1.30. The average molecular weight is 488 g/mol. The van der Waals surface area contributed by atoms with Gasteiger partial charge in [0.05, 0.1) is 7.11 Å². The summed E-state index contributed by atoms with van der Waals surface area (Å²) in [5.41, 5.74) is 2.21. The second-order valence-corrected chi connectivity index (χ2v) is 9.33. The molecular weight excluding hydrogens is 462 g/mol. The molecule has 1 saturated heterocycles. The zero-order valence-corrected chi connectivity index (χ0v) is 20.2. The van der Waals surface area contributed by atoms with Crippen molar-refractivity contribution in [3.8, 4) is 5.75 Å². The van der Waals surface area contributed by atoms with Gasteiger partial charge in [0, 0.05) is 53.7 Å². The molecule has 0 bridgehead atoms. The van der Waals surface area contributed by atoms with Crippen molar-refractivity contribution in [3.63, 3.8) is 0 Å². The van der Waals surface area contributed by atoms with Crippen molar-refractivity contribution in [3.05, 3.63) is 83.9 Å². The van der Waals surface area contributed by atoms with Gasteiger partial charge in [0.15, 0.2) is 16.7 Å². The summed E-state index contributed by atoms with van der Waals surface area (Å²) < 4.78 is 11.2. The van der Waals surface area contributed by atoms with E-state index in [1.54, 1.807) is 54.7 Å². The van der Waals surface area contributed by atoms with Gasteiger partial charge in [-0.3, -0.25) is 9.59 Å². The number of hydrogen-bond donors (Lipinski definition) is 0. The number of rotatable bonds is 7. The zero-order chi connectivity index (χ0) is 24.2. The van der Waals surface area contributed by atoms with Crippen molar-refractivity contribution in [2.45, 2.75) is 23.8 Å². The lowest BCUT2D eigenvalue weighted by atomic mass is 9.88. The molecule has 0 N–H and O–H groups in total. The molecule has 4 aromatic rings. The molecule has 178 valence electrons. The first-order valence-corrected chi connectivity index (χ1v) is 12.5. The Labute approximate surface area is 207 Å². The second kappa shape index (κ2) is 10.3. The number of aromatic nitrogens is 2. The number of nitrogens with zero attached hydrogens (tertiary/aromatic N) is 3. The molecule has 1 aliphatic heterocycles. The Morgan fingerprint density at radius 2 is 1.74 bits per heavy atom. The van der Waals surface area contributed by atoms with Crippen LogP contribution in [0.5, 0.6) is 5.75 Å². The SMILES string of the molecule is COc1ccc(C(=O)C2CCN(C(=O)c3oc4ccccc4c3CSc3ncccn3)CC2)cc1. The molecule has 5 rings (SSSR count). The molecule has 1 aliphatic rings. The lowest BCUT2D eigenvalue weighted by Gasteiger charge is -2.31. The predicted molar refractivity (Wildman–Crippen MR) is 134 cm³/mol. The summed E-state index contributed by atoms with van der Waals surface area (Å²) in [6.45, 7) is 1.02. The number of carbonyl (C=O) groups excluding carboxylic acids is 2. The first-order chi connectivity index (χ1) is 17.1. The number of amides is 1. The molecule has 2 aromatic carbocycles. The highest BCUT2D eigenvalue weighted by Gasteiger charge is 2.31. The van der Waals surface area contributed by atoms with E-state index in [0.29, 0.717) is 53.7 Å². The maximum absolute atomic E-state index is 13.5. The molecule has 0 radical (unpaired) electrons. The van der Waals surface area contributed by atoms with Crippen LogP contribution in [0.25, 0.3) is 11.0 Å². The first kappa shape index (κ1) is 23.1. The number of likely N-dealkylation sites (tertiary alicyclic amines) is 1. The van der Waals surface area contributed by atoms with Crippen LogP contribution in [0.3, 0.4) is 0 Å². The van der Waals surface area contributed by atoms with E-state index < -0.39 is 0 Å². The van der Waals surface area contributed by atoms with Crippen molar-refractivity contribution in [2.75, 3.05) is 20.2 Å². The van der Waals surface area contributed by atoms with Gasteiger partial charge >= 0.3 is 0 Å². The van der Waals surface area contributed by atoms with Gasteiger partial charge in [0.25, 0.3) is 5.91 Å². The lowest BCUT2D eigenvalue weighted by molar-refractivity contribution is 0.0625. The highest BCUT2D eigenvalue weighted by atomic mass is 32.2. The van der Waals surface area contributed by atoms with Crippen LogP contribution in [0.15, 0.2) is 76.6 Å². The minimum Gasteiger partial charge on any atom is -0.497 e. The topological polar surface area (TPSA) is 85.5 Å². The van der Waals surface area contributed by atoms with Crippen LogP contribution in [0, 0.1) is 5.92 Å². The predicted octanol–water partition coefficient (Wildman–Crippen LogP) is 5.26. The number of ether oxygens (including phenoxy) is 1. The molecule has 2 aromatic heterocycles. The highest BCUT2D eigenvalue weighted by Crippen LogP contribution is 2.33. The summed E-state index contributed by atoms with van der Waals surface area (Å²) in [5.74, 6) is 1.47. The Morgan fingerprint density at radius 1 is 1.03 bits per heavy atom. The highest BCUT2D eigenvalue weighted by molar-refractivity contribution is 7.98. The average Bonchev–Trinajstić information content (AvgIpc) is 3.30. The number of fused-ring (bicyclic) bond motifs is 1. The van der Waals surface area contributed by atoms with Gasteiger partial charge in [-0.05, 0) is 49.2 Å². The molecule has 35 heavy (non-hydrogen) atoms. The molecule has 0 saturated carbocycles. The smallest absolute Gasteiger partial charge is 0.289 e. The van der Waals surface area contributed by atoms with Crippen molar-refractivity contribution in [2.24, 2.45) is 5.92 Å². The monoisotopic (exact) mass is 487 g/mol. The fourth-order valence-electron chi connectivity index (χ4n) is 4.39. The van der Waals surface area contributed by atoms with E-state index in [1.165, 1.54) is 11.8 Å². The molecule has 0 spiro atoms. The molecule has 1 fully saturated rings. The Bertz CT molecular complexity index is 1330. The number of thioether (sulfide) groups is 1. The summed E-state index contributed by atoms with van der Waals surface area (Å²) in [5, 5.41) is 1.57. The number of carbonyl (C=O) groups is 2. The normalized spacial score (nSPS) is 14.3. The molecule has 8 heteroatoms. The minimum absolute atomic E-state index is 0.103. The van der Waals surface area contributed by atoms with Crippen LogP contribution >= 0.6 is 11.8 Å². The molecule has 0 aliphatic carbocycles. The maximum atomic E-state index is 13.5. The van der Waals surface area contributed by atoms with Crippen LogP contribution in [-0.2, 0) is 5.75 Å². The zero-order valence-electron chi connectivity index (χ0n) is 19.3. The number of piperidine rings is 1. The van der Waals surface area contributed by atoms with E-state index in [4.69, 9.17) is 9.15 Å². The third kappa shape index (κ3) is 4.93. The second-order valence-electron chi connectivity index (χ2n) is 8.39. The van der Waals surface area contributed by atoms with Gasteiger partial charge in [-0.25, -0.2) is 9.97 Å². The number of methoxy groups -OCH3 is 1. The van der Waals surface area contributed by atoms with E-state index in [-0.39, 0.29) is 17.6 Å². The number of ketones is 1. The fraction of sp³-hybridized carbons (Fsp3) is 0.259. The lowest BCUT2D eigenvalue weighted by Crippen LogP contribution is -2.40. The van der Waals surface area contributed by atoms with Gasteiger partial charge in [-0.1, -0.05) is 30.0 Å². The van der Waals surface area contributed by atoms with Crippen molar-refractivity contribution in [1.82, 2.24) is 14.9 Å². The van der Waals surface area contributed by atoms with Crippen molar-refractivity contribution in [1.29, 1.82) is 0 Å². The minimum atomic E-state index is -0.138. The summed E-state index contributed by atoms with van der Waals surface area (Å²) in [7, 11) is 1.60. The Morgan fingerprint density at radius 3 is 2.46 bits per heavy atom. The van der Waals surface area contributed by atoms with Crippen LogP contribution in [0.1, 0.15) is 39.3 Å². The standard InChI is InChI=1S/C27H25N3O4S/c1-33-20-9-7-18(8-10-20)24(31)19-11-15-30(16-12-19)26(32)25-22(17-35-27-28-13-4-14-29-27)21-5-2-3-6-23(21)34-25/h2-10,13-14,19H,11-12,15-17H2,1H3. The van der Waals surface area contributed by atoms with Gasteiger partial charge < -0.3 is 14.1 Å². The third-order valence-electron chi connectivity index (χ3n) is 6.31. The molecule has 3 heterocycles. The number of furan rings is 1.